The Hall–Kier alpha value is -2.77. The number of nitrogens with zero attached hydrogens (tertiary/aromatic N) is 2. The molecule has 8 heteroatoms. The van der Waals surface area contributed by atoms with Gasteiger partial charge in [0.15, 0.2) is 5.78 Å². The molecular weight excluding hydrogens is 520 g/mol. The maximum absolute atomic E-state index is 13.7. The number of allylic oxidation sites excluding steroid dienone is 2. The zero-order valence-electron chi connectivity index (χ0n) is 17.9. The first-order chi connectivity index (χ1) is 16.4. The van der Waals surface area contributed by atoms with Gasteiger partial charge in [0.1, 0.15) is 6.54 Å². The summed E-state index contributed by atoms with van der Waals surface area (Å²) >= 11 is 9.62. The zero-order valence-corrected chi connectivity index (χ0v) is 20.3. The van der Waals surface area contributed by atoms with Crippen molar-refractivity contribution in [1.29, 1.82) is 0 Å². The highest BCUT2D eigenvalue weighted by Gasteiger charge is 2.68. The number of imide groups is 1. The zero-order chi connectivity index (χ0) is 23.7. The fourth-order valence-corrected chi connectivity index (χ4v) is 6.53. The van der Waals surface area contributed by atoms with E-state index in [4.69, 9.17) is 11.6 Å². The molecule has 6 atom stereocenters. The molecule has 172 valence electrons. The molecule has 7 rings (SSSR count). The summed E-state index contributed by atoms with van der Waals surface area (Å²) < 4.78 is 0.809. The lowest BCUT2D eigenvalue weighted by Crippen LogP contribution is -2.52. The Morgan fingerprint density at radius 3 is 2.12 bits per heavy atom. The highest BCUT2D eigenvalue weighted by atomic mass is 79.9. The van der Waals surface area contributed by atoms with E-state index in [0.29, 0.717) is 17.4 Å². The van der Waals surface area contributed by atoms with Gasteiger partial charge in [0, 0.05) is 10.0 Å². The molecule has 0 spiro atoms. The van der Waals surface area contributed by atoms with E-state index < -0.39 is 36.1 Å². The molecule has 1 aliphatic heterocycles. The third kappa shape index (κ3) is 3.21. The molecule has 2 aromatic carbocycles. The fraction of sp³-hybridized carbons (Fsp3) is 0.308. The smallest absolute Gasteiger partial charge is 0.274 e. The molecular formula is C26H20BrClN2O4. The maximum Gasteiger partial charge on any atom is 0.274 e. The van der Waals surface area contributed by atoms with Crippen molar-refractivity contribution < 1.29 is 19.2 Å². The van der Waals surface area contributed by atoms with Gasteiger partial charge in [-0.3, -0.25) is 19.2 Å². The Kier molecular flexibility index (Phi) is 5.04. The number of carbonyl (C=O) groups excluding carboxylic acids is 4. The minimum absolute atomic E-state index is 0.0147. The van der Waals surface area contributed by atoms with Crippen LogP contribution in [-0.4, -0.2) is 40.1 Å². The largest absolute Gasteiger partial charge is 0.292 e. The van der Waals surface area contributed by atoms with Crippen LogP contribution in [0.5, 0.6) is 0 Å². The van der Waals surface area contributed by atoms with E-state index in [0.717, 1.165) is 20.9 Å². The van der Waals surface area contributed by atoms with E-state index >= 15 is 0 Å². The van der Waals surface area contributed by atoms with Crippen molar-refractivity contribution in [2.75, 3.05) is 6.54 Å². The highest BCUT2D eigenvalue weighted by Crippen LogP contribution is 2.65. The van der Waals surface area contributed by atoms with Crippen molar-refractivity contribution in [2.24, 2.45) is 35.5 Å². The predicted molar refractivity (Wildman–Crippen MR) is 128 cm³/mol. The molecule has 34 heavy (non-hydrogen) atoms. The number of carbonyl (C=O) groups is 4. The van der Waals surface area contributed by atoms with E-state index in [1.807, 2.05) is 0 Å². The Balaban J connectivity index is 1.37. The standard InChI is InChI=1S/C26H20BrClN2O4/c27-14-7-5-13(6-8-14)21(31)12-29(24(32)17-3-1-2-4-20(17)28)30-25(33)22-15-9-10-16(19-11-18(15)19)23(22)26(30)34/h1-10,15-16,18-19,22-23H,11-12H2/t15-,16-,18-,19+,22-,23+/m0/s1. The van der Waals surface area contributed by atoms with Crippen LogP contribution in [0.4, 0.5) is 0 Å². The quantitative estimate of drug-likeness (QED) is 0.321. The number of benzene rings is 2. The summed E-state index contributed by atoms with van der Waals surface area (Å²) in [6.07, 6.45) is 5.18. The molecule has 2 aromatic rings. The average Bonchev–Trinajstić information content (AvgIpc) is 3.61. The number of hydrogen-bond acceptors (Lipinski definition) is 4. The molecule has 2 saturated carbocycles. The number of Topliss-reactive ketones (excluding diaryl/α,β-unsaturated/α-hetero) is 1. The van der Waals surface area contributed by atoms with Crippen LogP contribution >= 0.6 is 27.5 Å². The van der Waals surface area contributed by atoms with Crippen LogP contribution in [0.3, 0.4) is 0 Å². The van der Waals surface area contributed by atoms with Gasteiger partial charge in [0.25, 0.3) is 17.7 Å². The normalized spacial score (nSPS) is 30.2. The minimum Gasteiger partial charge on any atom is -0.292 e. The van der Waals surface area contributed by atoms with Gasteiger partial charge in [-0.2, -0.15) is 5.01 Å². The highest BCUT2D eigenvalue weighted by molar-refractivity contribution is 9.10. The van der Waals surface area contributed by atoms with Crippen molar-refractivity contribution in [3.8, 4) is 0 Å². The maximum atomic E-state index is 13.7. The molecule has 2 bridgehead atoms. The van der Waals surface area contributed by atoms with Gasteiger partial charge in [-0.25, -0.2) is 5.01 Å². The van der Waals surface area contributed by atoms with E-state index in [-0.39, 0.29) is 28.2 Å². The number of rotatable bonds is 5. The Bertz CT molecular complexity index is 1240. The van der Waals surface area contributed by atoms with Gasteiger partial charge in [0.2, 0.25) is 0 Å². The van der Waals surface area contributed by atoms with Crippen molar-refractivity contribution in [3.05, 3.63) is 81.3 Å². The number of hydrogen-bond donors (Lipinski definition) is 0. The van der Waals surface area contributed by atoms with Crippen molar-refractivity contribution in [3.63, 3.8) is 0 Å². The fourth-order valence-electron chi connectivity index (χ4n) is 6.05. The van der Waals surface area contributed by atoms with Gasteiger partial charge in [-0.1, -0.05) is 63.9 Å². The molecule has 0 radical (unpaired) electrons. The number of hydrazine groups is 1. The summed E-state index contributed by atoms with van der Waals surface area (Å²) in [5.41, 5.74) is 0.506. The third-order valence-corrected chi connectivity index (χ3v) is 8.54. The summed E-state index contributed by atoms with van der Waals surface area (Å²) in [4.78, 5) is 54.1. The second-order valence-corrected chi connectivity index (χ2v) is 10.7. The molecule has 0 unspecified atom stereocenters. The summed E-state index contributed by atoms with van der Waals surface area (Å²) in [5, 5.41) is 2.13. The molecule has 0 N–H and O–H groups in total. The topological polar surface area (TPSA) is 74.8 Å². The van der Waals surface area contributed by atoms with Crippen LogP contribution in [0.1, 0.15) is 27.1 Å². The van der Waals surface area contributed by atoms with Crippen LogP contribution in [0, 0.1) is 35.5 Å². The van der Waals surface area contributed by atoms with Crippen molar-refractivity contribution in [2.45, 2.75) is 6.42 Å². The molecule has 1 saturated heterocycles. The van der Waals surface area contributed by atoms with Crippen LogP contribution in [0.25, 0.3) is 0 Å². The lowest BCUT2D eigenvalue weighted by Gasteiger charge is -2.37. The van der Waals surface area contributed by atoms with Crippen LogP contribution in [0.15, 0.2) is 65.2 Å². The van der Waals surface area contributed by atoms with E-state index in [2.05, 4.69) is 28.1 Å². The summed E-state index contributed by atoms with van der Waals surface area (Å²) in [6.45, 7) is -0.446. The van der Waals surface area contributed by atoms with E-state index in [9.17, 15) is 19.2 Å². The van der Waals surface area contributed by atoms with Crippen LogP contribution < -0.4 is 0 Å². The lowest BCUT2D eigenvalue weighted by molar-refractivity contribution is -0.154. The van der Waals surface area contributed by atoms with Crippen LogP contribution in [-0.2, 0) is 9.59 Å². The first-order valence-electron chi connectivity index (χ1n) is 11.3. The summed E-state index contributed by atoms with van der Waals surface area (Å²) in [6, 6.07) is 13.2. The van der Waals surface area contributed by atoms with E-state index in [1.165, 1.54) is 6.07 Å². The molecule has 3 amide bonds. The van der Waals surface area contributed by atoms with Crippen LogP contribution in [0.2, 0.25) is 5.02 Å². The van der Waals surface area contributed by atoms with Crippen molar-refractivity contribution in [1.82, 2.24) is 10.0 Å². The molecule has 3 fully saturated rings. The third-order valence-electron chi connectivity index (χ3n) is 7.68. The molecule has 1 heterocycles. The van der Waals surface area contributed by atoms with Gasteiger partial charge in [-0.15, -0.1) is 0 Å². The number of ketones is 1. The average molecular weight is 540 g/mol. The molecule has 4 aliphatic carbocycles. The minimum atomic E-state index is -0.651. The van der Waals surface area contributed by atoms with Gasteiger partial charge in [0.05, 0.1) is 22.4 Å². The van der Waals surface area contributed by atoms with Gasteiger partial charge < -0.3 is 0 Å². The van der Waals surface area contributed by atoms with Crippen molar-refractivity contribution >= 4 is 51.0 Å². The number of amides is 3. The monoisotopic (exact) mass is 538 g/mol. The second-order valence-electron chi connectivity index (χ2n) is 9.42. The SMILES string of the molecule is O=C(CN(C(=O)c1ccccc1Cl)N1C(=O)[C@@H]2[C@H]3C=C[C@@H]([C@@H]4C[C@H]34)[C@@H]2C1=O)c1ccc(Br)cc1. The lowest BCUT2D eigenvalue weighted by atomic mass is 9.63. The second kappa shape index (κ2) is 7.89. The summed E-state index contributed by atoms with van der Waals surface area (Å²) in [5.74, 6) is -1.88. The first-order valence-corrected chi connectivity index (χ1v) is 12.4. The molecule has 6 nitrogen and oxygen atoms in total. The first kappa shape index (κ1) is 21.7. The Morgan fingerprint density at radius 1 is 0.941 bits per heavy atom. The molecule has 0 aromatic heterocycles. The molecule has 5 aliphatic rings. The number of halogens is 2. The Morgan fingerprint density at radius 2 is 1.53 bits per heavy atom. The van der Waals surface area contributed by atoms with Gasteiger partial charge >= 0.3 is 0 Å². The predicted octanol–water partition coefficient (Wildman–Crippen LogP) is 4.40. The van der Waals surface area contributed by atoms with E-state index in [1.54, 1.807) is 42.5 Å². The van der Waals surface area contributed by atoms with Gasteiger partial charge in [-0.05, 0) is 54.4 Å². The summed E-state index contributed by atoms with van der Waals surface area (Å²) in [7, 11) is 0. The Labute approximate surface area is 209 Å².